The van der Waals surface area contributed by atoms with Gasteiger partial charge in [0.2, 0.25) is 0 Å². The molecule has 0 bridgehead atoms. The molecule has 0 fully saturated rings. The SMILES string of the molecule is CCCCCN1C(=O)c2[nH]nc(-c3ccccc3)c2C1c1ccc(OCCC)cc1. The van der Waals surface area contributed by atoms with Gasteiger partial charge in [-0.15, -0.1) is 0 Å². The zero-order valence-corrected chi connectivity index (χ0v) is 17.7. The van der Waals surface area contributed by atoms with Crippen LogP contribution in [0.15, 0.2) is 54.6 Å². The molecular formula is C25H29N3O2. The molecular weight excluding hydrogens is 374 g/mol. The Morgan fingerprint density at radius 3 is 2.47 bits per heavy atom. The lowest BCUT2D eigenvalue weighted by atomic mass is 9.96. The third-order valence-corrected chi connectivity index (χ3v) is 5.58. The highest BCUT2D eigenvalue weighted by Gasteiger charge is 2.41. The van der Waals surface area contributed by atoms with Crippen LogP contribution in [0.4, 0.5) is 0 Å². The second-order valence-electron chi connectivity index (χ2n) is 7.75. The Kier molecular flexibility index (Phi) is 6.17. The number of unbranched alkanes of at least 4 members (excludes halogenated alkanes) is 2. The molecule has 1 aromatic heterocycles. The molecule has 0 radical (unpaired) electrons. The van der Waals surface area contributed by atoms with Crippen LogP contribution in [0.25, 0.3) is 11.3 Å². The molecule has 5 nitrogen and oxygen atoms in total. The van der Waals surface area contributed by atoms with E-state index in [0.29, 0.717) is 12.3 Å². The molecule has 156 valence electrons. The predicted octanol–water partition coefficient (Wildman–Crippen LogP) is 5.60. The molecule has 1 aliphatic heterocycles. The van der Waals surface area contributed by atoms with E-state index in [9.17, 15) is 4.79 Å². The lowest BCUT2D eigenvalue weighted by Gasteiger charge is -2.26. The summed E-state index contributed by atoms with van der Waals surface area (Å²) in [5, 5.41) is 7.55. The smallest absolute Gasteiger partial charge is 0.273 e. The minimum atomic E-state index is -0.140. The Morgan fingerprint density at radius 2 is 1.77 bits per heavy atom. The lowest BCUT2D eigenvalue weighted by Crippen LogP contribution is -2.30. The van der Waals surface area contributed by atoms with E-state index < -0.39 is 0 Å². The Bertz CT molecular complexity index is 979. The van der Waals surface area contributed by atoms with E-state index in [4.69, 9.17) is 4.74 Å². The second kappa shape index (κ2) is 9.16. The third kappa shape index (κ3) is 3.84. The lowest BCUT2D eigenvalue weighted by molar-refractivity contribution is 0.0740. The van der Waals surface area contributed by atoms with E-state index in [1.165, 1.54) is 0 Å². The fraction of sp³-hybridized carbons (Fsp3) is 0.360. The van der Waals surface area contributed by atoms with Crippen LogP contribution < -0.4 is 4.74 Å². The van der Waals surface area contributed by atoms with Crippen molar-refractivity contribution in [2.24, 2.45) is 0 Å². The Balaban J connectivity index is 1.73. The molecule has 30 heavy (non-hydrogen) atoms. The van der Waals surface area contributed by atoms with E-state index in [2.05, 4.69) is 36.2 Å². The fourth-order valence-electron chi connectivity index (χ4n) is 4.09. The molecule has 2 heterocycles. The number of nitrogens with one attached hydrogen (secondary N) is 1. The predicted molar refractivity (Wildman–Crippen MR) is 119 cm³/mol. The number of amides is 1. The Labute approximate surface area is 178 Å². The van der Waals surface area contributed by atoms with Gasteiger partial charge in [0.25, 0.3) is 5.91 Å². The van der Waals surface area contributed by atoms with Crippen molar-refractivity contribution in [2.45, 2.75) is 45.6 Å². The number of carbonyl (C=O) groups is 1. The molecule has 4 rings (SSSR count). The van der Waals surface area contributed by atoms with E-state index in [1.54, 1.807) is 0 Å². The molecule has 0 aliphatic carbocycles. The minimum absolute atomic E-state index is 0.0343. The maximum absolute atomic E-state index is 13.3. The topological polar surface area (TPSA) is 58.2 Å². The first-order chi connectivity index (χ1) is 14.7. The van der Waals surface area contributed by atoms with Crippen LogP contribution in [0.1, 0.15) is 67.2 Å². The number of nitrogens with zero attached hydrogens (tertiary/aromatic N) is 2. The zero-order chi connectivity index (χ0) is 20.9. The number of aromatic amines is 1. The molecule has 0 saturated carbocycles. The van der Waals surface area contributed by atoms with Gasteiger partial charge in [-0.05, 0) is 30.5 Å². The third-order valence-electron chi connectivity index (χ3n) is 5.58. The summed E-state index contributed by atoms with van der Waals surface area (Å²) in [5.41, 5.74) is 4.55. The van der Waals surface area contributed by atoms with Gasteiger partial charge in [-0.1, -0.05) is 69.2 Å². The van der Waals surface area contributed by atoms with Gasteiger partial charge in [0, 0.05) is 17.7 Å². The van der Waals surface area contributed by atoms with Crippen molar-refractivity contribution in [3.05, 3.63) is 71.4 Å². The maximum Gasteiger partial charge on any atom is 0.273 e. The highest BCUT2D eigenvalue weighted by Crippen LogP contribution is 2.43. The van der Waals surface area contributed by atoms with E-state index in [0.717, 1.165) is 60.4 Å². The van der Waals surface area contributed by atoms with E-state index >= 15 is 0 Å². The van der Waals surface area contributed by atoms with Crippen LogP contribution in [0, 0.1) is 0 Å². The summed E-state index contributed by atoms with van der Waals surface area (Å²) in [5.74, 6) is 0.894. The van der Waals surface area contributed by atoms with E-state index in [-0.39, 0.29) is 11.9 Å². The number of H-pyrrole nitrogens is 1. The van der Waals surface area contributed by atoms with Gasteiger partial charge in [0.05, 0.1) is 18.3 Å². The number of fused-ring (bicyclic) bond motifs is 1. The number of rotatable bonds is 9. The molecule has 1 unspecified atom stereocenters. The molecule has 1 amide bonds. The number of hydrogen-bond acceptors (Lipinski definition) is 3. The average molecular weight is 404 g/mol. The summed E-state index contributed by atoms with van der Waals surface area (Å²) in [6, 6.07) is 18.1. The summed E-state index contributed by atoms with van der Waals surface area (Å²) in [6.45, 7) is 5.72. The fourth-order valence-corrected chi connectivity index (χ4v) is 4.09. The van der Waals surface area contributed by atoms with Gasteiger partial charge in [-0.3, -0.25) is 9.89 Å². The first-order valence-electron chi connectivity index (χ1n) is 10.9. The quantitative estimate of drug-likeness (QED) is 0.473. The minimum Gasteiger partial charge on any atom is -0.494 e. The van der Waals surface area contributed by atoms with Gasteiger partial charge in [-0.2, -0.15) is 5.10 Å². The Morgan fingerprint density at radius 1 is 1.00 bits per heavy atom. The number of ether oxygens (including phenoxy) is 1. The summed E-state index contributed by atoms with van der Waals surface area (Å²) in [6.07, 6.45) is 4.20. The number of benzene rings is 2. The van der Waals surface area contributed by atoms with Crippen molar-refractivity contribution in [3.63, 3.8) is 0 Å². The van der Waals surface area contributed by atoms with E-state index in [1.807, 2.05) is 47.4 Å². The molecule has 0 spiro atoms. The summed E-state index contributed by atoms with van der Waals surface area (Å²) < 4.78 is 5.75. The van der Waals surface area contributed by atoms with Crippen LogP contribution in [0.2, 0.25) is 0 Å². The van der Waals surface area contributed by atoms with Gasteiger partial charge >= 0.3 is 0 Å². The Hall–Kier alpha value is -3.08. The number of hydrogen-bond donors (Lipinski definition) is 1. The normalized spacial score (nSPS) is 15.5. The summed E-state index contributed by atoms with van der Waals surface area (Å²) in [7, 11) is 0. The van der Waals surface area contributed by atoms with Crippen molar-refractivity contribution in [1.29, 1.82) is 0 Å². The van der Waals surface area contributed by atoms with Crippen molar-refractivity contribution >= 4 is 5.91 Å². The molecule has 2 aromatic carbocycles. The van der Waals surface area contributed by atoms with Crippen molar-refractivity contribution in [2.75, 3.05) is 13.2 Å². The van der Waals surface area contributed by atoms with Gasteiger partial charge in [0.15, 0.2) is 0 Å². The molecule has 1 N–H and O–H groups in total. The van der Waals surface area contributed by atoms with Gasteiger partial charge < -0.3 is 9.64 Å². The van der Waals surface area contributed by atoms with Crippen LogP contribution in [0.3, 0.4) is 0 Å². The van der Waals surface area contributed by atoms with Crippen LogP contribution in [-0.2, 0) is 0 Å². The van der Waals surface area contributed by atoms with Crippen molar-refractivity contribution in [1.82, 2.24) is 15.1 Å². The average Bonchev–Trinajstić information content (AvgIpc) is 3.33. The first kappa shape index (κ1) is 20.2. The van der Waals surface area contributed by atoms with Crippen molar-refractivity contribution < 1.29 is 9.53 Å². The molecule has 1 aliphatic rings. The zero-order valence-electron chi connectivity index (χ0n) is 17.7. The highest BCUT2D eigenvalue weighted by atomic mass is 16.5. The van der Waals surface area contributed by atoms with Crippen LogP contribution in [-0.4, -0.2) is 34.2 Å². The second-order valence-corrected chi connectivity index (χ2v) is 7.75. The number of aromatic nitrogens is 2. The first-order valence-corrected chi connectivity index (χ1v) is 10.9. The summed E-state index contributed by atoms with van der Waals surface area (Å²) in [4.78, 5) is 15.3. The van der Waals surface area contributed by atoms with Gasteiger partial charge in [-0.25, -0.2) is 0 Å². The van der Waals surface area contributed by atoms with Crippen LogP contribution >= 0.6 is 0 Å². The highest BCUT2D eigenvalue weighted by molar-refractivity contribution is 6.00. The van der Waals surface area contributed by atoms with Crippen molar-refractivity contribution in [3.8, 4) is 17.0 Å². The molecule has 3 aromatic rings. The maximum atomic E-state index is 13.3. The molecule has 0 saturated heterocycles. The standard InChI is InChI=1S/C25H29N3O2/c1-3-5-9-16-28-24(19-12-14-20(15-13-19)30-17-4-2)21-22(18-10-7-6-8-11-18)26-27-23(21)25(28)29/h6-8,10-15,24H,3-5,9,16-17H2,1-2H3,(H,26,27). The van der Waals surface area contributed by atoms with Crippen LogP contribution in [0.5, 0.6) is 5.75 Å². The monoisotopic (exact) mass is 403 g/mol. The number of carbonyl (C=O) groups excluding carboxylic acids is 1. The molecule has 5 heteroatoms. The summed E-state index contributed by atoms with van der Waals surface area (Å²) >= 11 is 0. The van der Waals surface area contributed by atoms with Gasteiger partial charge in [0.1, 0.15) is 11.4 Å². The molecule has 1 atom stereocenters. The largest absolute Gasteiger partial charge is 0.494 e.